The quantitative estimate of drug-likeness (QED) is 0.682. The number of carbonyl (C=O) groups is 1. The summed E-state index contributed by atoms with van der Waals surface area (Å²) in [6.45, 7) is 2.76. The van der Waals surface area contributed by atoms with Gasteiger partial charge >= 0.3 is 0 Å². The zero-order valence-corrected chi connectivity index (χ0v) is 15.6. The standard InChI is InChI=1S/C20H25NO5/c1-5-6-10-26-16-9-7-8-15(13-16)21-20(22)14-11-17(23-2)19(25-4)18(12-14)24-3/h7-9,11-13H,5-6,10H2,1-4H3,(H,21,22). The molecule has 26 heavy (non-hydrogen) atoms. The van der Waals surface area contributed by atoms with E-state index in [4.69, 9.17) is 18.9 Å². The molecular weight excluding hydrogens is 334 g/mol. The highest BCUT2D eigenvalue weighted by Gasteiger charge is 2.17. The highest BCUT2D eigenvalue weighted by atomic mass is 16.5. The molecule has 140 valence electrons. The first-order chi connectivity index (χ1) is 12.6. The molecule has 2 rings (SSSR count). The lowest BCUT2D eigenvalue weighted by Gasteiger charge is -2.14. The van der Waals surface area contributed by atoms with Crippen LogP contribution in [0, 0.1) is 0 Å². The van der Waals surface area contributed by atoms with Crippen molar-refractivity contribution in [1.29, 1.82) is 0 Å². The number of methoxy groups -OCH3 is 3. The maximum absolute atomic E-state index is 12.6. The van der Waals surface area contributed by atoms with Crippen molar-refractivity contribution in [2.45, 2.75) is 19.8 Å². The van der Waals surface area contributed by atoms with Gasteiger partial charge in [0.15, 0.2) is 11.5 Å². The molecule has 1 N–H and O–H groups in total. The summed E-state index contributed by atoms with van der Waals surface area (Å²) >= 11 is 0. The molecule has 0 atom stereocenters. The van der Waals surface area contributed by atoms with Crippen LogP contribution in [0.5, 0.6) is 23.0 Å². The van der Waals surface area contributed by atoms with Gasteiger partial charge in [-0.3, -0.25) is 4.79 Å². The summed E-state index contributed by atoms with van der Waals surface area (Å²) in [7, 11) is 4.54. The van der Waals surface area contributed by atoms with Crippen molar-refractivity contribution in [1.82, 2.24) is 0 Å². The van der Waals surface area contributed by atoms with Crippen LogP contribution < -0.4 is 24.3 Å². The fraction of sp³-hybridized carbons (Fsp3) is 0.350. The van der Waals surface area contributed by atoms with Gasteiger partial charge < -0.3 is 24.3 Å². The lowest BCUT2D eigenvalue weighted by Crippen LogP contribution is -2.12. The zero-order valence-electron chi connectivity index (χ0n) is 15.6. The number of nitrogens with one attached hydrogen (secondary N) is 1. The summed E-state index contributed by atoms with van der Waals surface area (Å²) in [6.07, 6.45) is 2.06. The third-order valence-corrected chi connectivity index (χ3v) is 3.79. The molecule has 0 fully saturated rings. The fourth-order valence-electron chi connectivity index (χ4n) is 2.41. The first kappa shape index (κ1) is 19.4. The summed E-state index contributed by atoms with van der Waals surface area (Å²) in [4.78, 5) is 12.6. The van der Waals surface area contributed by atoms with E-state index in [0.717, 1.165) is 18.6 Å². The number of unbranched alkanes of at least 4 members (excludes halogenated alkanes) is 1. The lowest BCUT2D eigenvalue weighted by molar-refractivity contribution is 0.102. The van der Waals surface area contributed by atoms with E-state index >= 15 is 0 Å². The summed E-state index contributed by atoms with van der Waals surface area (Å²) < 4.78 is 21.5. The van der Waals surface area contributed by atoms with Crippen molar-refractivity contribution in [2.24, 2.45) is 0 Å². The van der Waals surface area contributed by atoms with Gasteiger partial charge in [0.2, 0.25) is 5.75 Å². The normalized spacial score (nSPS) is 10.2. The maximum Gasteiger partial charge on any atom is 0.255 e. The van der Waals surface area contributed by atoms with E-state index in [1.54, 1.807) is 18.2 Å². The van der Waals surface area contributed by atoms with Crippen LogP contribution in [0.25, 0.3) is 0 Å². The van der Waals surface area contributed by atoms with Crippen LogP contribution in [0.2, 0.25) is 0 Å². The lowest BCUT2D eigenvalue weighted by atomic mass is 10.1. The van der Waals surface area contributed by atoms with Crippen LogP contribution in [0.4, 0.5) is 5.69 Å². The van der Waals surface area contributed by atoms with Gasteiger partial charge in [-0.2, -0.15) is 0 Å². The molecule has 2 aromatic carbocycles. The molecule has 0 aliphatic heterocycles. The monoisotopic (exact) mass is 359 g/mol. The SMILES string of the molecule is CCCCOc1cccc(NC(=O)c2cc(OC)c(OC)c(OC)c2)c1. The Kier molecular flexibility index (Phi) is 7.14. The van der Waals surface area contributed by atoms with Gasteiger partial charge in [0, 0.05) is 17.3 Å². The third kappa shape index (κ3) is 4.81. The van der Waals surface area contributed by atoms with Crippen LogP contribution >= 0.6 is 0 Å². The number of anilines is 1. The molecule has 0 unspecified atom stereocenters. The minimum absolute atomic E-state index is 0.282. The van der Waals surface area contributed by atoms with Crippen molar-refractivity contribution in [2.75, 3.05) is 33.3 Å². The van der Waals surface area contributed by atoms with Gasteiger partial charge in [-0.25, -0.2) is 0 Å². The van der Waals surface area contributed by atoms with Crippen molar-refractivity contribution in [3.8, 4) is 23.0 Å². The van der Waals surface area contributed by atoms with E-state index < -0.39 is 0 Å². The Bertz CT molecular complexity index is 720. The molecule has 0 radical (unpaired) electrons. The molecule has 0 heterocycles. The number of amides is 1. The summed E-state index contributed by atoms with van der Waals surface area (Å²) in [5.74, 6) is 1.73. The van der Waals surface area contributed by atoms with E-state index in [1.165, 1.54) is 21.3 Å². The van der Waals surface area contributed by atoms with E-state index in [-0.39, 0.29) is 5.91 Å². The van der Waals surface area contributed by atoms with Gasteiger partial charge in [0.25, 0.3) is 5.91 Å². The third-order valence-electron chi connectivity index (χ3n) is 3.79. The molecule has 0 saturated carbocycles. The maximum atomic E-state index is 12.6. The topological polar surface area (TPSA) is 66.0 Å². The average molecular weight is 359 g/mol. The van der Waals surface area contributed by atoms with Crippen molar-refractivity contribution >= 4 is 11.6 Å². The second-order valence-corrected chi connectivity index (χ2v) is 5.60. The Labute approximate surface area is 154 Å². The van der Waals surface area contributed by atoms with Gasteiger partial charge in [-0.15, -0.1) is 0 Å². The Morgan fingerprint density at radius 2 is 1.69 bits per heavy atom. The molecule has 0 aromatic heterocycles. The highest BCUT2D eigenvalue weighted by Crippen LogP contribution is 2.38. The summed E-state index contributed by atoms with van der Waals surface area (Å²) in [5.41, 5.74) is 1.05. The second kappa shape index (κ2) is 9.56. The molecule has 0 bridgehead atoms. The summed E-state index contributed by atoms with van der Waals surface area (Å²) in [5, 5.41) is 2.86. The van der Waals surface area contributed by atoms with E-state index in [1.807, 2.05) is 18.2 Å². The van der Waals surface area contributed by atoms with Crippen molar-refractivity contribution in [3.63, 3.8) is 0 Å². The highest BCUT2D eigenvalue weighted by molar-refractivity contribution is 6.05. The molecule has 1 amide bonds. The van der Waals surface area contributed by atoms with Crippen LogP contribution in [0.1, 0.15) is 30.1 Å². The number of ether oxygens (including phenoxy) is 4. The zero-order chi connectivity index (χ0) is 18.9. The first-order valence-electron chi connectivity index (χ1n) is 8.47. The van der Waals surface area contributed by atoms with Crippen LogP contribution in [0.15, 0.2) is 36.4 Å². The molecule has 6 heteroatoms. The molecule has 0 aliphatic rings. The van der Waals surface area contributed by atoms with Crippen LogP contribution in [-0.2, 0) is 0 Å². The molecule has 2 aromatic rings. The van der Waals surface area contributed by atoms with Crippen molar-refractivity contribution < 1.29 is 23.7 Å². The second-order valence-electron chi connectivity index (χ2n) is 5.60. The minimum Gasteiger partial charge on any atom is -0.494 e. The predicted octanol–water partition coefficient (Wildman–Crippen LogP) is 4.14. The van der Waals surface area contributed by atoms with Crippen molar-refractivity contribution in [3.05, 3.63) is 42.0 Å². The number of hydrogen-bond donors (Lipinski definition) is 1. The Morgan fingerprint density at radius 3 is 2.27 bits per heavy atom. The average Bonchev–Trinajstić information content (AvgIpc) is 2.67. The molecule has 0 saturated heterocycles. The van der Waals surface area contributed by atoms with Gasteiger partial charge in [-0.05, 0) is 30.7 Å². The minimum atomic E-state index is -0.282. The Morgan fingerprint density at radius 1 is 1.00 bits per heavy atom. The largest absolute Gasteiger partial charge is 0.494 e. The van der Waals surface area contributed by atoms with Crippen LogP contribution in [-0.4, -0.2) is 33.8 Å². The predicted molar refractivity (Wildman–Crippen MR) is 101 cm³/mol. The van der Waals surface area contributed by atoms with E-state index in [2.05, 4.69) is 12.2 Å². The molecule has 0 spiro atoms. The number of carbonyl (C=O) groups excluding carboxylic acids is 1. The molecule has 0 aliphatic carbocycles. The number of rotatable bonds is 9. The number of hydrogen-bond acceptors (Lipinski definition) is 5. The van der Waals surface area contributed by atoms with E-state index in [0.29, 0.717) is 35.1 Å². The Balaban J connectivity index is 2.18. The first-order valence-corrected chi connectivity index (χ1v) is 8.47. The van der Waals surface area contributed by atoms with Crippen LogP contribution in [0.3, 0.4) is 0 Å². The number of benzene rings is 2. The van der Waals surface area contributed by atoms with Gasteiger partial charge in [0.1, 0.15) is 5.75 Å². The van der Waals surface area contributed by atoms with Gasteiger partial charge in [-0.1, -0.05) is 19.4 Å². The molecular formula is C20H25NO5. The summed E-state index contributed by atoms with van der Waals surface area (Å²) in [6, 6.07) is 10.5. The molecule has 6 nitrogen and oxygen atoms in total. The van der Waals surface area contributed by atoms with Gasteiger partial charge in [0.05, 0.1) is 27.9 Å². The smallest absolute Gasteiger partial charge is 0.255 e. The van der Waals surface area contributed by atoms with E-state index in [9.17, 15) is 4.79 Å². The fourth-order valence-corrected chi connectivity index (χ4v) is 2.41. The Hall–Kier alpha value is -2.89.